The summed E-state index contributed by atoms with van der Waals surface area (Å²) in [5.74, 6) is 2.07. The van der Waals surface area contributed by atoms with E-state index < -0.39 is 5.54 Å². The molecule has 120 valence electrons. The smallest absolute Gasteiger partial charge is 0.326 e. The van der Waals surface area contributed by atoms with Gasteiger partial charge in [-0.25, -0.2) is 0 Å². The minimum Gasteiger partial charge on any atom is -0.465 e. The van der Waals surface area contributed by atoms with E-state index in [1.54, 1.807) is 7.11 Å². The van der Waals surface area contributed by atoms with Gasteiger partial charge in [-0.2, -0.15) is 11.8 Å². The molecule has 0 spiro atoms. The third-order valence-electron chi connectivity index (χ3n) is 3.09. The number of nitrogens with one attached hydrogen (secondary N) is 1. The Balaban J connectivity index is 4.00. The Labute approximate surface area is 128 Å². The van der Waals surface area contributed by atoms with Crippen molar-refractivity contribution in [2.24, 2.45) is 0 Å². The van der Waals surface area contributed by atoms with Crippen LogP contribution in [0.5, 0.6) is 0 Å². The predicted molar refractivity (Wildman–Crippen MR) is 86.4 cm³/mol. The molecule has 0 heterocycles. The van der Waals surface area contributed by atoms with Crippen molar-refractivity contribution >= 4 is 17.7 Å². The van der Waals surface area contributed by atoms with Crippen LogP contribution in [-0.2, 0) is 14.3 Å². The fourth-order valence-corrected chi connectivity index (χ4v) is 2.76. The lowest BCUT2D eigenvalue weighted by Crippen LogP contribution is -2.50. The third kappa shape index (κ3) is 8.82. The van der Waals surface area contributed by atoms with Crippen LogP contribution in [0, 0.1) is 0 Å². The van der Waals surface area contributed by atoms with Crippen molar-refractivity contribution in [3.63, 3.8) is 0 Å². The number of ether oxygens (including phenoxy) is 2. The molecule has 0 fully saturated rings. The number of methoxy groups -OCH3 is 1. The van der Waals surface area contributed by atoms with E-state index in [-0.39, 0.29) is 5.97 Å². The van der Waals surface area contributed by atoms with Gasteiger partial charge in [0.2, 0.25) is 0 Å². The van der Waals surface area contributed by atoms with Gasteiger partial charge < -0.3 is 14.8 Å². The standard InChI is InChI=1S/C15H31NO3S/c1-5-10-16-15(3,14(17)19-6-2)9-7-12-20-13-8-11-18-4/h16H,5-13H2,1-4H3. The normalized spacial score (nSPS) is 14.0. The first-order chi connectivity index (χ1) is 9.60. The third-order valence-corrected chi connectivity index (χ3v) is 4.25. The van der Waals surface area contributed by atoms with E-state index in [1.165, 1.54) is 0 Å². The second kappa shape index (κ2) is 12.5. The molecule has 0 aromatic rings. The van der Waals surface area contributed by atoms with Crippen LogP contribution in [0.15, 0.2) is 0 Å². The van der Waals surface area contributed by atoms with Crippen molar-refractivity contribution in [2.45, 2.75) is 52.0 Å². The lowest BCUT2D eigenvalue weighted by molar-refractivity contribution is -0.150. The summed E-state index contributed by atoms with van der Waals surface area (Å²) in [4.78, 5) is 12.1. The molecule has 0 aromatic heterocycles. The first kappa shape index (κ1) is 19.7. The van der Waals surface area contributed by atoms with Crippen molar-refractivity contribution in [2.75, 3.05) is 38.4 Å². The molecule has 0 bridgehead atoms. The first-order valence-electron chi connectivity index (χ1n) is 7.59. The van der Waals surface area contributed by atoms with Crippen LogP contribution < -0.4 is 5.32 Å². The van der Waals surface area contributed by atoms with Gasteiger partial charge in [0.05, 0.1) is 6.61 Å². The van der Waals surface area contributed by atoms with Crippen molar-refractivity contribution in [3.8, 4) is 0 Å². The molecule has 0 radical (unpaired) electrons. The number of thioether (sulfide) groups is 1. The molecule has 0 aliphatic rings. The zero-order chi connectivity index (χ0) is 15.3. The quantitative estimate of drug-likeness (QED) is 0.419. The Hall–Kier alpha value is -0.260. The summed E-state index contributed by atoms with van der Waals surface area (Å²) in [6.07, 6.45) is 3.94. The molecule has 0 aliphatic heterocycles. The number of hydrogen-bond donors (Lipinski definition) is 1. The maximum atomic E-state index is 12.1. The maximum absolute atomic E-state index is 12.1. The van der Waals surface area contributed by atoms with Crippen molar-refractivity contribution < 1.29 is 14.3 Å². The Kier molecular flexibility index (Phi) is 12.3. The van der Waals surface area contributed by atoms with Crippen LogP contribution in [-0.4, -0.2) is 49.9 Å². The molecule has 0 amide bonds. The summed E-state index contributed by atoms with van der Waals surface area (Å²) in [5.41, 5.74) is -0.543. The van der Waals surface area contributed by atoms with Crippen LogP contribution in [0.4, 0.5) is 0 Å². The Morgan fingerprint density at radius 2 is 1.95 bits per heavy atom. The van der Waals surface area contributed by atoms with Crippen molar-refractivity contribution in [1.29, 1.82) is 0 Å². The molecule has 0 aromatic carbocycles. The number of carbonyl (C=O) groups excluding carboxylic acids is 1. The molecular weight excluding hydrogens is 274 g/mol. The highest BCUT2D eigenvalue weighted by Gasteiger charge is 2.33. The van der Waals surface area contributed by atoms with Gasteiger partial charge in [0, 0.05) is 13.7 Å². The Bertz CT molecular complexity index is 251. The van der Waals surface area contributed by atoms with Crippen LogP contribution in [0.2, 0.25) is 0 Å². The van der Waals surface area contributed by atoms with Gasteiger partial charge in [-0.05, 0) is 57.6 Å². The van der Waals surface area contributed by atoms with Crippen LogP contribution in [0.3, 0.4) is 0 Å². The highest BCUT2D eigenvalue weighted by atomic mass is 32.2. The van der Waals surface area contributed by atoms with E-state index in [4.69, 9.17) is 9.47 Å². The topological polar surface area (TPSA) is 47.6 Å². The van der Waals surface area contributed by atoms with Crippen molar-refractivity contribution in [1.82, 2.24) is 5.32 Å². The summed E-state index contributed by atoms with van der Waals surface area (Å²) in [5, 5.41) is 3.34. The average molecular weight is 305 g/mol. The van der Waals surface area contributed by atoms with Gasteiger partial charge >= 0.3 is 5.97 Å². The summed E-state index contributed by atoms with van der Waals surface area (Å²) in [6, 6.07) is 0. The second-order valence-corrected chi connectivity index (χ2v) is 6.27. The van der Waals surface area contributed by atoms with E-state index in [0.717, 1.165) is 50.3 Å². The van der Waals surface area contributed by atoms with Gasteiger partial charge in [-0.1, -0.05) is 6.92 Å². The Morgan fingerprint density at radius 1 is 1.25 bits per heavy atom. The number of hydrogen-bond acceptors (Lipinski definition) is 5. The summed E-state index contributed by atoms with van der Waals surface area (Å²) in [6.45, 7) is 8.01. The molecule has 0 saturated heterocycles. The van der Waals surface area contributed by atoms with Crippen LogP contribution in [0.25, 0.3) is 0 Å². The minimum atomic E-state index is -0.543. The SMILES string of the molecule is CCCNC(C)(CCCSCCCOC)C(=O)OCC. The largest absolute Gasteiger partial charge is 0.465 e. The van der Waals surface area contributed by atoms with E-state index in [0.29, 0.717) is 6.61 Å². The lowest BCUT2D eigenvalue weighted by Gasteiger charge is -2.28. The summed E-state index contributed by atoms with van der Waals surface area (Å²) in [7, 11) is 1.73. The number of esters is 1. The Morgan fingerprint density at radius 3 is 2.55 bits per heavy atom. The van der Waals surface area contributed by atoms with Crippen LogP contribution in [0.1, 0.15) is 46.5 Å². The van der Waals surface area contributed by atoms with Crippen molar-refractivity contribution in [3.05, 3.63) is 0 Å². The minimum absolute atomic E-state index is 0.127. The average Bonchev–Trinajstić information content (AvgIpc) is 2.44. The van der Waals surface area contributed by atoms with E-state index in [9.17, 15) is 4.79 Å². The fourth-order valence-electron chi connectivity index (χ4n) is 1.89. The monoisotopic (exact) mass is 305 g/mol. The zero-order valence-corrected chi connectivity index (χ0v) is 14.3. The van der Waals surface area contributed by atoms with Gasteiger partial charge in [-0.3, -0.25) is 4.79 Å². The van der Waals surface area contributed by atoms with Gasteiger partial charge in [0.15, 0.2) is 0 Å². The van der Waals surface area contributed by atoms with Gasteiger partial charge in [0.1, 0.15) is 5.54 Å². The van der Waals surface area contributed by atoms with Gasteiger partial charge in [0.25, 0.3) is 0 Å². The van der Waals surface area contributed by atoms with E-state index >= 15 is 0 Å². The fraction of sp³-hybridized carbons (Fsp3) is 0.933. The molecule has 1 unspecified atom stereocenters. The molecule has 0 aliphatic carbocycles. The summed E-state index contributed by atoms with van der Waals surface area (Å²) >= 11 is 1.92. The van der Waals surface area contributed by atoms with E-state index in [2.05, 4.69) is 12.2 Å². The molecule has 5 heteroatoms. The first-order valence-corrected chi connectivity index (χ1v) is 8.75. The highest BCUT2D eigenvalue weighted by molar-refractivity contribution is 7.99. The molecule has 0 rings (SSSR count). The lowest BCUT2D eigenvalue weighted by atomic mass is 9.96. The number of rotatable bonds is 13. The molecule has 20 heavy (non-hydrogen) atoms. The molecule has 1 N–H and O–H groups in total. The number of carbonyl (C=O) groups is 1. The summed E-state index contributed by atoms with van der Waals surface area (Å²) < 4.78 is 10.2. The molecule has 4 nitrogen and oxygen atoms in total. The van der Waals surface area contributed by atoms with E-state index in [1.807, 2.05) is 25.6 Å². The molecule has 0 saturated carbocycles. The van der Waals surface area contributed by atoms with Gasteiger partial charge in [-0.15, -0.1) is 0 Å². The molecule has 1 atom stereocenters. The molecular formula is C15H31NO3S. The zero-order valence-electron chi connectivity index (χ0n) is 13.5. The predicted octanol–water partition coefficient (Wildman–Crippen LogP) is 2.86. The van der Waals surface area contributed by atoms with Crippen LogP contribution >= 0.6 is 11.8 Å². The second-order valence-electron chi connectivity index (χ2n) is 5.04. The highest BCUT2D eigenvalue weighted by Crippen LogP contribution is 2.17. The maximum Gasteiger partial charge on any atom is 0.326 e.